The third-order valence-corrected chi connectivity index (χ3v) is 12.8. The van der Waals surface area contributed by atoms with Crippen LogP contribution in [0.2, 0.25) is 0 Å². The number of para-hydroxylation sites is 4. The summed E-state index contributed by atoms with van der Waals surface area (Å²) in [4.78, 5) is 19.0. The molecule has 0 aliphatic carbocycles. The molecule has 0 radical (unpaired) electrons. The molecule has 0 aliphatic heterocycles. The fourth-order valence-corrected chi connectivity index (χ4v) is 10.2. The predicted octanol–water partition coefficient (Wildman–Crippen LogP) is 13.1. The van der Waals surface area contributed by atoms with Gasteiger partial charge in [-0.05, 0) is 24.6 Å². The number of ether oxygens (including phenoxy) is 1. The van der Waals surface area contributed by atoms with Gasteiger partial charge in [0.2, 0.25) is 0 Å². The summed E-state index contributed by atoms with van der Waals surface area (Å²) in [5, 5.41) is 2.17. The van der Waals surface area contributed by atoms with Crippen molar-refractivity contribution in [1.29, 1.82) is 0 Å². The average molecular weight is 1020 g/mol. The minimum absolute atomic E-state index is 0.571. The van der Waals surface area contributed by atoms with Crippen molar-refractivity contribution in [2.75, 3.05) is 0 Å². The SMILES string of the molecule is Cc1cc(-c2cccc(-c3cc(C)nc(C)c3)c2-n2[c](=[Pt])n(-c3[c-]c(Oc4[c-]c5c(cc4)c4ccccc4n5-c4cc(C)c(-c5ccccn5)cn4)ccc3)c3ccccc32)cc(C)n1. The average Bonchev–Trinajstić information content (AvgIpc) is 3.79. The van der Waals surface area contributed by atoms with Crippen LogP contribution >= 0.6 is 0 Å². The number of hydrogen-bond donors (Lipinski definition) is 0. The molecular weight excluding hydrogens is 982 g/mol. The predicted molar refractivity (Wildman–Crippen MR) is 256 cm³/mol. The van der Waals surface area contributed by atoms with E-state index in [4.69, 9.17) is 19.7 Å². The summed E-state index contributed by atoms with van der Waals surface area (Å²) < 4.78 is 14.5. The van der Waals surface area contributed by atoms with Crippen molar-refractivity contribution in [2.45, 2.75) is 34.6 Å². The third kappa shape index (κ3) is 7.20. The van der Waals surface area contributed by atoms with Gasteiger partial charge in [-0.1, -0.05) is 18.2 Å². The monoisotopic (exact) mass is 1020 g/mol. The number of aryl methyl sites for hydroxylation is 5. The van der Waals surface area contributed by atoms with E-state index in [1.807, 2.05) is 48.8 Å². The number of benzene rings is 5. The van der Waals surface area contributed by atoms with Crippen molar-refractivity contribution < 1.29 is 24.1 Å². The van der Waals surface area contributed by atoms with Gasteiger partial charge in [-0.2, -0.15) is 0 Å². The summed E-state index contributed by atoms with van der Waals surface area (Å²) in [6.45, 7) is 10.3. The van der Waals surface area contributed by atoms with Crippen LogP contribution in [0.4, 0.5) is 0 Å². The van der Waals surface area contributed by atoms with Gasteiger partial charge < -0.3 is 0 Å². The van der Waals surface area contributed by atoms with Crippen molar-refractivity contribution in [1.82, 2.24) is 33.6 Å². The minimum atomic E-state index is 0.571. The molecule has 0 saturated heterocycles. The summed E-state index contributed by atoms with van der Waals surface area (Å²) >= 11 is 2.47. The van der Waals surface area contributed by atoms with E-state index in [1.54, 1.807) is 0 Å². The number of pyridine rings is 4. The van der Waals surface area contributed by atoms with Crippen LogP contribution in [0.3, 0.4) is 0 Å². The number of rotatable bonds is 8. The molecule has 0 spiro atoms. The Morgan fingerprint density at radius 3 is 1.78 bits per heavy atom. The van der Waals surface area contributed by atoms with Crippen LogP contribution in [-0.4, -0.2) is 33.6 Å². The first-order chi connectivity index (χ1) is 31.7. The number of fused-ring (bicyclic) bond motifs is 4. The molecule has 0 amide bonds. The number of nitrogens with zero attached hydrogens (tertiary/aromatic N) is 7. The molecule has 5 aromatic carbocycles. The van der Waals surface area contributed by atoms with Gasteiger partial charge in [0.1, 0.15) is 0 Å². The molecule has 318 valence electrons. The van der Waals surface area contributed by atoms with Crippen LogP contribution in [-0.2, 0) is 19.4 Å². The summed E-state index contributed by atoms with van der Waals surface area (Å²) in [6, 6.07) is 57.6. The van der Waals surface area contributed by atoms with Gasteiger partial charge in [0.15, 0.2) is 0 Å². The Bertz CT molecular complexity index is 3620. The first-order valence-corrected chi connectivity index (χ1v) is 22.6. The Labute approximate surface area is 387 Å². The summed E-state index contributed by atoms with van der Waals surface area (Å²) in [6.07, 6.45) is 3.72. The molecule has 0 N–H and O–H groups in total. The van der Waals surface area contributed by atoms with E-state index in [1.165, 1.54) is 0 Å². The fraction of sp³-hybridized carbons (Fsp3) is 0.0893. The summed E-state index contributed by atoms with van der Waals surface area (Å²) in [5.41, 5.74) is 17.2. The fourth-order valence-electron chi connectivity index (χ4n) is 9.15. The van der Waals surface area contributed by atoms with E-state index in [-0.39, 0.29) is 0 Å². The Morgan fingerprint density at radius 2 is 1.12 bits per heavy atom. The maximum absolute atomic E-state index is 6.69. The number of imidazole rings is 1. The summed E-state index contributed by atoms with van der Waals surface area (Å²) in [7, 11) is 0. The van der Waals surface area contributed by atoms with Crippen LogP contribution in [0, 0.1) is 50.6 Å². The molecule has 8 nitrogen and oxygen atoms in total. The Hall–Kier alpha value is -7.54. The van der Waals surface area contributed by atoms with Crippen molar-refractivity contribution in [3.8, 4) is 62.2 Å². The molecule has 6 heterocycles. The quantitative estimate of drug-likeness (QED) is 0.142. The van der Waals surface area contributed by atoms with E-state index in [2.05, 4.69) is 194 Å². The zero-order chi connectivity index (χ0) is 44.3. The summed E-state index contributed by atoms with van der Waals surface area (Å²) in [5.74, 6) is 1.94. The van der Waals surface area contributed by atoms with Crippen LogP contribution in [0.25, 0.3) is 83.5 Å². The normalized spacial score (nSPS) is 11.6. The van der Waals surface area contributed by atoms with Crippen molar-refractivity contribution in [3.05, 3.63) is 202 Å². The van der Waals surface area contributed by atoms with Crippen molar-refractivity contribution in [2.24, 2.45) is 0 Å². The molecule has 0 bridgehead atoms. The molecule has 11 aromatic rings. The molecular formula is C56H41N7OPt-2. The molecule has 0 unspecified atom stereocenters. The zero-order valence-electron chi connectivity index (χ0n) is 36.4. The van der Waals surface area contributed by atoms with Crippen LogP contribution < -0.4 is 4.74 Å². The van der Waals surface area contributed by atoms with E-state index < -0.39 is 0 Å². The second kappa shape index (κ2) is 16.2. The topological polar surface area (TPSA) is 75.6 Å². The third-order valence-electron chi connectivity index (χ3n) is 11.8. The van der Waals surface area contributed by atoms with E-state index in [0.717, 1.165) is 116 Å². The molecule has 9 heteroatoms. The van der Waals surface area contributed by atoms with E-state index in [9.17, 15) is 0 Å². The number of hydrogen-bond acceptors (Lipinski definition) is 5. The van der Waals surface area contributed by atoms with Gasteiger partial charge in [-0.3, -0.25) is 4.98 Å². The second-order valence-corrected chi connectivity index (χ2v) is 17.4. The first-order valence-electron chi connectivity index (χ1n) is 21.5. The molecule has 0 aliphatic rings. The van der Waals surface area contributed by atoms with E-state index >= 15 is 0 Å². The van der Waals surface area contributed by atoms with E-state index in [0.29, 0.717) is 11.5 Å². The van der Waals surface area contributed by atoms with Crippen LogP contribution in [0.15, 0.2) is 158 Å². The first kappa shape index (κ1) is 40.2. The second-order valence-electron chi connectivity index (χ2n) is 16.4. The Kier molecular flexibility index (Phi) is 10.0. The molecule has 0 atom stereocenters. The maximum atomic E-state index is 6.69. The standard InChI is InChI=1S/C56H41N7O.Pt/c1-35-26-55(58-33-49(35)50-19-10-11-25-57-50)63-51-20-7-6-16-47(51)48-24-23-44(32-54(48)63)64-43-15-12-14-42(31-43)61-34-62(53-22-9-8-21-52(53)61)56-45(40-27-36(2)59-37(3)28-40)17-13-18-46(56)41-29-38(4)60-39(5)30-41;/h6-30,33H,1-5H3;/q-2;. The van der Waals surface area contributed by atoms with Gasteiger partial charge in [0, 0.05) is 18.0 Å². The molecule has 0 fully saturated rings. The van der Waals surface area contributed by atoms with Gasteiger partial charge in [-0.25, -0.2) is 0 Å². The van der Waals surface area contributed by atoms with Gasteiger partial charge in [0.25, 0.3) is 0 Å². The molecule has 6 aromatic heterocycles. The van der Waals surface area contributed by atoms with Crippen molar-refractivity contribution in [3.63, 3.8) is 0 Å². The zero-order valence-corrected chi connectivity index (χ0v) is 38.6. The molecule has 0 saturated carbocycles. The van der Waals surface area contributed by atoms with Gasteiger partial charge in [0.05, 0.1) is 5.69 Å². The van der Waals surface area contributed by atoms with Gasteiger partial charge in [-0.15, -0.1) is 0 Å². The van der Waals surface area contributed by atoms with Gasteiger partial charge >= 0.3 is 318 Å². The van der Waals surface area contributed by atoms with Crippen molar-refractivity contribution >= 4 is 32.8 Å². The molecule has 11 rings (SSSR count). The Morgan fingerprint density at radius 1 is 0.508 bits per heavy atom. The molecule has 65 heavy (non-hydrogen) atoms. The van der Waals surface area contributed by atoms with Crippen LogP contribution in [0.5, 0.6) is 11.5 Å². The van der Waals surface area contributed by atoms with Crippen LogP contribution in [0.1, 0.15) is 28.3 Å². The Balaban J connectivity index is 1.04. The number of aromatic nitrogens is 7.